The molecule has 0 spiro atoms. The highest BCUT2D eigenvalue weighted by molar-refractivity contribution is 6.18. The smallest absolute Gasteiger partial charge is 0.267 e. The van der Waals surface area contributed by atoms with E-state index in [4.69, 9.17) is 10.7 Å². The lowest BCUT2D eigenvalue weighted by atomic mass is 9.92. The van der Waals surface area contributed by atoms with Crippen molar-refractivity contribution in [2.24, 2.45) is 10.7 Å². The molecule has 0 saturated heterocycles. The number of hydrogen-bond acceptors (Lipinski definition) is 4. The summed E-state index contributed by atoms with van der Waals surface area (Å²) in [5.74, 6) is -0.540. The Balaban J connectivity index is 1.85. The number of carbonyl (C=O) groups excluding carboxylic acids is 1. The third kappa shape index (κ3) is 2.96. The van der Waals surface area contributed by atoms with Gasteiger partial charge in [-0.1, -0.05) is 6.08 Å². The van der Waals surface area contributed by atoms with Crippen LogP contribution in [-0.2, 0) is 0 Å². The van der Waals surface area contributed by atoms with Crippen LogP contribution >= 0.6 is 0 Å². The summed E-state index contributed by atoms with van der Waals surface area (Å²) in [7, 11) is 0. The van der Waals surface area contributed by atoms with Gasteiger partial charge in [0.05, 0.1) is 34.9 Å². The van der Waals surface area contributed by atoms with Crippen LogP contribution in [0.1, 0.15) is 41.7 Å². The van der Waals surface area contributed by atoms with Crippen molar-refractivity contribution < 1.29 is 4.79 Å². The molecule has 3 aromatic rings. The highest BCUT2D eigenvalue weighted by Gasteiger charge is 2.20. The summed E-state index contributed by atoms with van der Waals surface area (Å²) < 4.78 is 0. The number of nitrogens with one attached hydrogen (secondary N) is 2. The third-order valence-electron chi connectivity index (χ3n) is 4.40. The second-order valence-corrected chi connectivity index (χ2v) is 6.10. The molecule has 1 aliphatic rings. The summed E-state index contributed by atoms with van der Waals surface area (Å²) in [6.07, 6.45) is 9.79. The number of aromatic nitrogens is 4. The molecule has 1 amide bonds. The Morgan fingerprint density at radius 2 is 2.04 bits per heavy atom. The largest absolute Gasteiger partial charge is 0.364 e. The number of aromatic amines is 2. The number of nitrogens with zero attached hydrogens (tertiary/aromatic N) is 3. The molecule has 0 aliphatic heterocycles. The number of allylic oxidation sites excluding steroid dienone is 2. The maximum Gasteiger partial charge on any atom is 0.267 e. The zero-order chi connectivity index (χ0) is 17.2. The van der Waals surface area contributed by atoms with Gasteiger partial charge in [-0.3, -0.25) is 15.0 Å². The monoisotopic (exact) mass is 334 g/mol. The first kappa shape index (κ1) is 15.3. The van der Waals surface area contributed by atoms with Gasteiger partial charge in [0.2, 0.25) is 0 Å². The third-order valence-corrected chi connectivity index (χ3v) is 4.40. The van der Waals surface area contributed by atoms with Crippen LogP contribution in [0.15, 0.2) is 47.2 Å². The minimum atomic E-state index is -0.540. The van der Waals surface area contributed by atoms with Crippen LogP contribution < -0.4 is 5.73 Å². The number of benzene rings is 1. The minimum Gasteiger partial charge on any atom is -0.364 e. The molecular weight excluding hydrogens is 316 g/mol. The molecule has 0 atom stereocenters. The van der Waals surface area contributed by atoms with Crippen LogP contribution in [0.4, 0.5) is 5.69 Å². The van der Waals surface area contributed by atoms with E-state index in [2.05, 4.69) is 26.5 Å². The molecule has 1 aromatic carbocycles. The second-order valence-electron chi connectivity index (χ2n) is 6.10. The molecular formula is C18H18N6O. The van der Waals surface area contributed by atoms with Crippen molar-refractivity contribution in [3.63, 3.8) is 0 Å². The van der Waals surface area contributed by atoms with E-state index >= 15 is 0 Å². The predicted molar refractivity (Wildman–Crippen MR) is 95.9 cm³/mol. The fourth-order valence-corrected chi connectivity index (χ4v) is 3.14. The first-order valence-corrected chi connectivity index (χ1v) is 8.27. The first-order valence-electron chi connectivity index (χ1n) is 8.27. The quantitative estimate of drug-likeness (QED) is 0.637. The van der Waals surface area contributed by atoms with Crippen molar-refractivity contribution in [2.45, 2.75) is 25.7 Å². The summed E-state index contributed by atoms with van der Waals surface area (Å²) in [6, 6.07) is 5.83. The van der Waals surface area contributed by atoms with Gasteiger partial charge in [-0.25, -0.2) is 4.99 Å². The number of fused-ring (bicyclic) bond motifs is 1. The summed E-state index contributed by atoms with van der Waals surface area (Å²) in [6.45, 7) is 0. The lowest BCUT2D eigenvalue weighted by Crippen LogP contribution is -2.17. The number of H-pyrrole nitrogens is 2. The van der Waals surface area contributed by atoms with Crippen LogP contribution in [0, 0.1) is 0 Å². The molecule has 0 unspecified atom stereocenters. The highest BCUT2D eigenvalue weighted by atomic mass is 16.1. The molecule has 0 bridgehead atoms. The first-order chi connectivity index (χ1) is 12.2. The molecule has 0 radical (unpaired) electrons. The van der Waals surface area contributed by atoms with Crippen molar-refractivity contribution in [1.29, 1.82) is 0 Å². The maximum atomic E-state index is 11.7. The summed E-state index contributed by atoms with van der Waals surface area (Å²) in [4.78, 5) is 16.6. The SMILES string of the molecule is NC(=O)c1[nH]ncc1C(=Nc1ccc2[nH]ncc2c1)C1=CCCCC1. The Kier molecular flexibility index (Phi) is 3.89. The minimum absolute atomic E-state index is 0.287. The zero-order valence-electron chi connectivity index (χ0n) is 13.6. The fraction of sp³-hybridized carbons (Fsp3) is 0.222. The van der Waals surface area contributed by atoms with E-state index in [9.17, 15) is 4.79 Å². The second kappa shape index (κ2) is 6.35. The molecule has 1 aliphatic carbocycles. The molecule has 7 heteroatoms. The van der Waals surface area contributed by atoms with Crippen LogP contribution in [0.2, 0.25) is 0 Å². The van der Waals surface area contributed by atoms with Crippen LogP contribution in [0.5, 0.6) is 0 Å². The van der Waals surface area contributed by atoms with Crippen molar-refractivity contribution in [3.05, 3.63) is 53.5 Å². The van der Waals surface area contributed by atoms with Crippen molar-refractivity contribution in [2.75, 3.05) is 0 Å². The number of amides is 1. The number of hydrogen-bond donors (Lipinski definition) is 3. The number of primary amides is 1. The Morgan fingerprint density at radius 3 is 2.84 bits per heavy atom. The van der Waals surface area contributed by atoms with Gasteiger partial charge in [0.15, 0.2) is 0 Å². The van der Waals surface area contributed by atoms with Crippen LogP contribution in [0.3, 0.4) is 0 Å². The van der Waals surface area contributed by atoms with Crippen molar-refractivity contribution in [3.8, 4) is 0 Å². The molecule has 126 valence electrons. The topological polar surface area (TPSA) is 113 Å². The average molecular weight is 334 g/mol. The van der Waals surface area contributed by atoms with Crippen molar-refractivity contribution >= 4 is 28.2 Å². The summed E-state index contributed by atoms with van der Waals surface area (Å²) in [5, 5.41) is 14.6. The number of aliphatic imine (C=N–C) groups is 1. The summed E-state index contributed by atoms with van der Waals surface area (Å²) in [5.41, 5.74) is 10.1. The normalized spacial score (nSPS) is 15.4. The van der Waals surface area contributed by atoms with E-state index in [1.165, 1.54) is 6.42 Å². The number of carbonyl (C=O) groups is 1. The Bertz CT molecular complexity index is 994. The van der Waals surface area contributed by atoms with E-state index in [0.29, 0.717) is 5.56 Å². The van der Waals surface area contributed by atoms with Gasteiger partial charge in [-0.15, -0.1) is 0 Å². The Hall–Kier alpha value is -3.22. The van der Waals surface area contributed by atoms with Gasteiger partial charge in [-0.2, -0.15) is 10.2 Å². The van der Waals surface area contributed by atoms with Gasteiger partial charge < -0.3 is 5.73 Å². The standard InChI is InChI=1S/C18H18N6O/c19-18(25)17-14(10-21-24-17)16(11-4-2-1-3-5-11)22-13-6-7-15-12(8-13)9-20-23-15/h4,6-10H,1-3,5H2,(H2,19,25)(H,20,23)(H,21,24). The van der Waals surface area contributed by atoms with Crippen molar-refractivity contribution in [1.82, 2.24) is 20.4 Å². The molecule has 4 rings (SSSR count). The van der Waals surface area contributed by atoms with E-state index < -0.39 is 5.91 Å². The van der Waals surface area contributed by atoms with E-state index in [1.807, 2.05) is 18.2 Å². The fourth-order valence-electron chi connectivity index (χ4n) is 3.14. The van der Waals surface area contributed by atoms with Gasteiger partial charge in [-0.05, 0) is 49.5 Å². The number of rotatable bonds is 4. The van der Waals surface area contributed by atoms with E-state index in [1.54, 1.807) is 12.4 Å². The Morgan fingerprint density at radius 1 is 1.16 bits per heavy atom. The highest BCUT2D eigenvalue weighted by Crippen LogP contribution is 2.27. The molecule has 7 nitrogen and oxygen atoms in total. The average Bonchev–Trinajstić information content (AvgIpc) is 3.29. The predicted octanol–water partition coefficient (Wildman–Crippen LogP) is 3.01. The van der Waals surface area contributed by atoms with Gasteiger partial charge in [0.25, 0.3) is 5.91 Å². The van der Waals surface area contributed by atoms with Gasteiger partial charge >= 0.3 is 0 Å². The van der Waals surface area contributed by atoms with Crippen LogP contribution in [-0.4, -0.2) is 32.0 Å². The van der Waals surface area contributed by atoms with Gasteiger partial charge in [0, 0.05) is 5.39 Å². The Labute approximate surface area is 144 Å². The van der Waals surface area contributed by atoms with Gasteiger partial charge in [0.1, 0.15) is 5.69 Å². The van der Waals surface area contributed by atoms with Crippen LogP contribution in [0.25, 0.3) is 10.9 Å². The molecule has 2 heterocycles. The molecule has 2 aromatic heterocycles. The summed E-state index contributed by atoms with van der Waals surface area (Å²) >= 11 is 0. The molecule has 0 saturated carbocycles. The van der Waals surface area contributed by atoms with E-state index in [-0.39, 0.29) is 5.69 Å². The van der Waals surface area contributed by atoms with E-state index in [0.717, 1.165) is 47.1 Å². The molecule has 25 heavy (non-hydrogen) atoms. The number of nitrogens with two attached hydrogens (primary N) is 1. The lowest BCUT2D eigenvalue weighted by Gasteiger charge is -2.15. The maximum absolute atomic E-state index is 11.7. The molecule has 4 N–H and O–H groups in total. The molecule has 0 fully saturated rings. The lowest BCUT2D eigenvalue weighted by molar-refractivity contribution is 0.0995. The zero-order valence-corrected chi connectivity index (χ0v) is 13.6.